The molecule has 0 aliphatic carbocycles. The number of carbonyl (C=O) groups excluding carboxylic acids is 2. The van der Waals surface area contributed by atoms with E-state index in [1.54, 1.807) is 12.1 Å². The summed E-state index contributed by atoms with van der Waals surface area (Å²) in [7, 11) is -3.58. The number of nitrogens with zero attached hydrogens (tertiary/aromatic N) is 5. The number of sulfonamides is 1. The number of aromatic nitrogens is 2. The van der Waals surface area contributed by atoms with Crippen LogP contribution in [-0.2, 0) is 46.2 Å². The number of hydrogen-bond acceptors (Lipinski definition) is 8. The van der Waals surface area contributed by atoms with E-state index in [0.717, 1.165) is 40.3 Å². The van der Waals surface area contributed by atoms with Gasteiger partial charge in [-0.15, -0.1) is 0 Å². The van der Waals surface area contributed by atoms with Gasteiger partial charge in [-0.1, -0.05) is 30.3 Å². The number of anilines is 1. The van der Waals surface area contributed by atoms with E-state index in [-0.39, 0.29) is 35.7 Å². The predicted octanol–water partition coefficient (Wildman–Crippen LogP) is 6.11. The highest BCUT2D eigenvalue weighted by Crippen LogP contribution is 2.41. The minimum atomic E-state index is -4.96. The molecule has 1 atom stereocenters. The van der Waals surface area contributed by atoms with Gasteiger partial charge in [-0.2, -0.15) is 26.3 Å². The van der Waals surface area contributed by atoms with Gasteiger partial charge < -0.3 is 10.6 Å². The lowest BCUT2D eigenvalue weighted by atomic mass is 9.84. The molecule has 3 N–H and O–H groups in total. The molecular formula is C35H30F7N7O4S. The minimum Gasteiger partial charge on any atom is -0.369 e. The molecule has 2 amide bonds. The van der Waals surface area contributed by atoms with Crippen LogP contribution in [0.4, 0.5) is 36.4 Å². The fourth-order valence-electron chi connectivity index (χ4n) is 6.39. The third-order valence-corrected chi connectivity index (χ3v) is 9.44. The average molecular weight is 778 g/mol. The molecule has 4 aromatic rings. The second-order valence-electron chi connectivity index (χ2n) is 12.9. The third-order valence-electron chi connectivity index (χ3n) is 8.83. The first-order valence-electron chi connectivity index (χ1n) is 16.1. The zero-order valence-corrected chi connectivity index (χ0v) is 29.0. The predicted molar refractivity (Wildman–Crippen MR) is 181 cm³/mol. The molecule has 0 saturated carbocycles. The van der Waals surface area contributed by atoms with Crippen molar-refractivity contribution in [3.8, 4) is 11.4 Å². The fraction of sp³-hybridized carbons (Fsp3) is 0.286. The lowest BCUT2D eigenvalue weighted by Gasteiger charge is -2.27. The van der Waals surface area contributed by atoms with Crippen molar-refractivity contribution in [1.29, 1.82) is 0 Å². The fourth-order valence-corrected chi connectivity index (χ4v) is 6.94. The molecule has 2 aliphatic rings. The van der Waals surface area contributed by atoms with Crippen LogP contribution in [0.5, 0.6) is 0 Å². The van der Waals surface area contributed by atoms with Crippen molar-refractivity contribution in [3.05, 3.63) is 112 Å². The van der Waals surface area contributed by atoms with Gasteiger partial charge in [0.2, 0.25) is 10.0 Å². The van der Waals surface area contributed by atoms with Crippen LogP contribution in [0.1, 0.15) is 57.6 Å². The van der Waals surface area contributed by atoms with Gasteiger partial charge in [-0.25, -0.2) is 27.8 Å². The Morgan fingerprint density at radius 3 is 2.39 bits per heavy atom. The van der Waals surface area contributed by atoms with Crippen LogP contribution in [-0.4, -0.2) is 58.4 Å². The number of hydrogen-bond donors (Lipinski definition) is 2. The summed E-state index contributed by atoms with van der Waals surface area (Å²) in [5.41, 5.74) is 3.78. The molecule has 19 heteroatoms. The summed E-state index contributed by atoms with van der Waals surface area (Å²) in [5.74, 6) is -2.80. The Morgan fingerprint density at radius 2 is 1.72 bits per heavy atom. The van der Waals surface area contributed by atoms with Crippen molar-refractivity contribution in [2.24, 2.45) is 10.7 Å². The Morgan fingerprint density at radius 1 is 1.00 bits per heavy atom. The molecule has 1 aromatic heterocycles. The molecule has 6 rings (SSSR count). The number of aliphatic imine (C=N–C) groups is 1. The second-order valence-corrected chi connectivity index (χ2v) is 14.6. The monoisotopic (exact) mass is 777 g/mol. The van der Waals surface area contributed by atoms with Crippen LogP contribution >= 0.6 is 0 Å². The van der Waals surface area contributed by atoms with Gasteiger partial charge in [-0.05, 0) is 60.4 Å². The maximum absolute atomic E-state index is 14.3. The molecule has 11 nitrogen and oxygen atoms in total. The zero-order valence-electron chi connectivity index (χ0n) is 28.2. The van der Waals surface area contributed by atoms with Crippen LogP contribution in [0.2, 0.25) is 0 Å². The number of halogens is 7. The number of nitrogens with one attached hydrogen (secondary N) is 1. The highest BCUT2D eigenvalue weighted by molar-refractivity contribution is 7.92. The second kappa shape index (κ2) is 14.0. The Balaban J connectivity index is 1.26. The molecule has 0 unspecified atom stereocenters. The summed E-state index contributed by atoms with van der Waals surface area (Å²) in [5, 5.41) is 0. The Labute approximate surface area is 303 Å². The molecule has 0 bridgehead atoms. The first kappa shape index (κ1) is 38.1. The molecule has 0 saturated heterocycles. The van der Waals surface area contributed by atoms with Crippen LogP contribution in [0.3, 0.4) is 0 Å². The summed E-state index contributed by atoms with van der Waals surface area (Å²) < 4.78 is 121. The molecule has 0 radical (unpaired) electrons. The van der Waals surface area contributed by atoms with Crippen molar-refractivity contribution >= 4 is 33.5 Å². The molecule has 284 valence electrons. The largest absolute Gasteiger partial charge is 0.417 e. The standard InChI is InChI=1S/C35H30F7N7O4S/c1-54(52,53)47-25-5-2-4-21(15-25)29-44-16-22-18-48(19-28(22)45-29)30(50)26-14-20(6-11-27(26)35(40,41)42)17-49-31(51)33(46-32(49)43,12-3-13-34(37,38)39)23-7-9-24(36)10-8-23/h2,4-11,14-16,47H,3,12-13,17-19H2,1H3,(H2,43,46)/t33-/m1/s1. The van der Waals surface area contributed by atoms with E-state index >= 15 is 0 Å². The van der Waals surface area contributed by atoms with E-state index < -0.39 is 88.4 Å². The highest BCUT2D eigenvalue weighted by atomic mass is 32.2. The Hall–Kier alpha value is -5.59. The van der Waals surface area contributed by atoms with E-state index in [1.165, 1.54) is 30.5 Å². The molecule has 0 spiro atoms. The molecule has 2 aliphatic heterocycles. The van der Waals surface area contributed by atoms with E-state index in [2.05, 4.69) is 19.7 Å². The van der Waals surface area contributed by atoms with E-state index in [0.29, 0.717) is 22.9 Å². The van der Waals surface area contributed by atoms with Crippen molar-refractivity contribution < 1.29 is 48.7 Å². The normalized spacial score (nSPS) is 17.5. The molecule has 3 aromatic carbocycles. The van der Waals surface area contributed by atoms with Crippen LogP contribution < -0.4 is 10.5 Å². The first-order chi connectivity index (χ1) is 25.2. The summed E-state index contributed by atoms with van der Waals surface area (Å²) in [6.07, 6.45) is -9.33. The lowest BCUT2D eigenvalue weighted by molar-refractivity contribution is -0.139. The number of amides is 2. The van der Waals surface area contributed by atoms with Gasteiger partial charge in [0.25, 0.3) is 11.8 Å². The Kier molecular flexibility index (Phi) is 9.89. The zero-order chi connectivity index (χ0) is 39.2. The van der Waals surface area contributed by atoms with Crippen LogP contribution in [0.15, 0.2) is 77.9 Å². The number of carbonyl (C=O) groups is 2. The van der Waals surface area contributed by atoms with Crippen molar-refractivity contribution in [1.82, 2.24) is 19.8 Å². The van der Waals surface area contributed by atoms with Crippen molar-refractivity contribution in [2.45, 2.75) is 56.8 Å². The summed E-state index contributed by atoms with van der Waals surface area (Å²) in [6.45, 7) is -0.806. The van der Waals surface area contributed by atoms with Gasteiger partial charge in [0, 0.05) is 36.0 Å². The number of nitrogens with two attached hydrogens (primary N) is 1. The minimum absolute atomic E-state index is 0.0319. The molecule has 54 heavy (non-hydrogen) atoms. The third kappa shape index (κ3) is 8.14. The number of guanidine groups is 1. The summed E-state index contributed by atoms with van der Waals surface area (Å²) >= 11 is 0. The van der Waals surface area contributed by atoms with Crippen LogP contribution in [0, 0.1) is 5.82 Å². The van der Waals surface area contributed by atoms with Gasteiger partial charge in [0.1, 0.15) is 5.82 Å². The van der Waals surface area contributed by atoms with E-state index in [9.17, 15) is 48.7 Å². The van der Waals surface area contributed by atoms with Gasteiger partial charge in [0.05, 0.1) is 36.2 Å². The highest BCUT2D eigenvalue weighted by Gasteiger charge is 2.49. The van der Waals surface area contributed by atoms with Gasteiger partial charge in [-0.3, -0.25) is 19.2 Å². The summed E-state index contributed by atoms with van der Waals surface area (Å²) in [4.78, 5) is 42.8. The van der Waals surface area contributed by atoms with Gasteiger partial charge >= 0.3 is 12.4 Å². The molecule has 0 fully saturated rings. The van der Waals surface area contributed by atoms with Gasteiger partial charge in [0.15, 0.2) is 17.3 Å². The Bertz CT molecular complexity index is 2270. The van der Waals surface area contributed by atoms with Crippen molar-refractivity contribution in [2.75, 3.05) is 11.0 Å². The number of benzene rings is 3. The molecule has 3 heterocycles. The smallest absolute Gasteiger partial charge is 0.369 e. The van der Waals surface area contributed by atoms with Crippen LogP contribution in [0.25, 0.3) is 11.4 Å². The average Bonchev–Trinajstić information content (AvgIpc) is 3.61. The maximum Gasteiger partial charge on any atom is 0.417 e. The quantitative estimate of drug-likeness (QED) is 0.185. The first-order valence-corrected chi connectivity index (χ1v) is 18.0. The maximum atomic E-state index is 14.3. The van der Waals surface area contributed by atoms with E-state index in [1.807, 2.05) is 0 Å². The number of rotatable bonds is 10. The van der Waals surface area contributed by atoms with Crippen molar-refractivity contribution in [3.63, 3.8) is 0 Å². The van der Waals surface area contributed by atoms with E-state index in [4.69, 9.17) is 5.73 Å². The lowest BCUT2D eigenvalue weighted by Crippen LogP contribution is -2.42. The number of alkyl halides is 6. The molecular weight excluding hydrogens is 747 g/mol. The summed E-state index contributed by atoms with van der Waals surface area (Å²) in [6, 6.07) is 13.3. The number of fused-ring (bicyclic) bond motifs is 1. The SMILES string of the molecule is CS(=O)(=O)Nc1cccc(-c2ncc3c(n2)CN(C(=O)c2cc(CN4C(=O)[C@@](CCCC(F)(F)F)(c5ccc(F)cc5)N=C4N)ccc2C(F)(F)F)C3)c1. The topological polar surface area (TPSA) is 151 Å².